The molecule has 0 aromatic heterocycles. The summed E-state index contributed by atoms with van der Waals surface area (Å²) in [6.07, 6.45) is 4.50. The van der Waals surface area contributed by atoms with Crippen molar-refractivity contribution in [3.63, 3.8) is 0 Å². The Morgan fingerprint density at radius 3 is 2.67 bits per heavy atom. The molecule has 0 saturated carbocycles. The summed E-state index contributed by atoms with van der Waals surface area (Å²) in [7, 11) is 0. The second-order valence-corrected chi connectivity index (χ2v) is 8.45. The molecule has 1 aliphatic heterocycles. The molecule has 1 atom stereocenters. The maximum Gasteiger partial charge on any atom is 0.310 e. The maximum absolute atomic E-state index is 12.9. The summed E-state index contributed by atoms with van der Waals surface area (Å²) >= 11 is 0. The van der Waals surface area contributed by atoms with Gasteiger partial charge in [0.15, 0.2) is 0 Å². The van der Waals surface area contributed by atoms with E-state index in [9.17, 15) is 19.7 Å². The molecule has 1 amide bonds. The number of esters is 1. The molecule has 1 heterocycles. The van der Waals surface area contributed by atoms with Gasteiger partial charge in [0.2, 0.25) is 5.91 Å². The lowest BCUT2D eigenvalue weighted by Crippen LogP contribution is -2.42. The van der Waals surface area contributed by atoms with Gasteiger partial charge in [-0.2, -0.15) is 0 Å². The molecule has 0 bridgehead atoms. The molecule has 33 heavy (non-hydrogen) atoms. The van der Waals surface area contributed by atoms with Gasteiger partial charge in [0.1, 0.15) is 0 Å². The van der Waals surface area contributed by atoms with Crippen LogP contribution in [-0.4, -0.2) is 41.4 Å². The van der Waals surface area contributed by atoms with Crippen molar-refractivity contribution in [3.8, 4) is 11.1 Å². The minimum absolute atomic E-state index is 0.00181. The smallest absolute Gasteiger partial charge is 0.310 e. The molecule has 3 rings (SSSR count). The van der Waals surface area contributed by atoms with E-state index in [1.165, 1.54) is 12.1 Å². The third-order valence-corrected chi connectivity index (χ3v) is 5.88. The summed E-state index contributed by atoms with van der Waals surface area (Å²) in [4.78, 5) is 38.1. The minimum Gasteiger partial charge on any atom is -0.466 e. The molecule has 1 fully saturated rings. The number of hydrogen-bond acceptors (Lipinski definition) is 5. The summed E-state index contributed by atoms with van der Waals surface area (Å²) in [5.41, 5.74) is 2.88. The Morgan fingerprint density at radius 1 is 1.21 bits per heavy atom. The lowest BCUT2D eigenvalue weighted by molar-refractivity contribution is -0.384. The fraction of sp³-hybridized carbons (Fsp3) is 0.385. The van der Waals surface area contributed by atoms with E-state index >= 15 is 0 Å². The fourth-order valence-corrected chi connectivity index (χ4v) is 4.27. The molecule has 2 aromatic rings. The average molecular weight is 451 g/mol. The van der Waals surface area contributed by atoms with E-state index in [0.717, 1.165) is 17.5 Å². The minimum atomic E-state index is -0.389. The largest absolute Gasteiger partial charge is 0.466 e. The fourth-order valence-electron chi connectivity index (χ4n) is 4.27. The van der Waals surface area contributed by atoms with Crippen LogP contribution in [0.5, 0.6) is 0 Å². The third kappa shape index (κ3) is 5.66. The second kappa shape index (κ2) is 10.9. The van der Waals surface area contributed by atoms with Crippen molar-refractivity contribution in [2.24, 2.45) is 5.92 Å². The molecule has 0 N–H and O–H groups in total. The molecule has 0 aliphatic carbocycles. The molecule has 0 spiro atoms. The van der Waals surface area contributed by atoms with Crippen molar-refractivity contribution in [3.05, 3.63) is 69.8 Å². The molecular weight excluding hydrogens is 420 g/mol. The Kier molecular flexibility index (Phi) is 7.98. The molecule has 1 unspecified atom stereocenters. The standard InChI is InChI=1S/C26H30N2O5/c1-4-33-26(30)20-10-8-16-27(17-20)24(29)15-14-19-9-7-13-23(28(31)32)25(19)22-12-6-5-11-21(22)18(2)3/h5-7,9,11-15,18,20H,4,8,10,16-17H2,1-3H3/b15-14+. The first-order valence-electron chi connectivity index (χ1n) is 11.3. The van der Waals surface area contributed by atoms with E-state index < -0.39 is 0 Å². The highest BCUT2D eigenvalue weighted by Crippen LogP contribution is 2.38. The van der Waals surface area contributed by atoms with E-state index in [1.807, 2.05) is 38.1 Å². The van der Waals surface area contributed by atoms with Crippen LogP contribution in [-0.2, 0) is 14.3 Å². The van der Waals surface area contributed by atoms with Crippen LogP contribution in [0.2, 0.25) is 0 Å². The van der Waals surface area contributed by atoms with Crippen molar-refractivity contribution in [2.75, 3.05) is 19.7 Å². The van der Waals surface area contributed by atoms with Gasteiger partial charge in [0, 0.05) is 25.2 Å². The number of nitro groups is 1. The monoisotopic (exact) mass is 450 g/mol. The predicted molar refractivity (Wildman–Crippen MR) is 128 cm³/mol. The van der Waals surface area contributed by atoms with Crippen LogP contribution in [0.4, 0.5) is 5.69 Å². The molecular formula is C26H30N2O5. The third-order valence-electron chi connectivity index (χ3n) is 5.88. The van der Waals surface area contributed by atoms with Gasteiger partial charge in [-0.05, 0) is 48.4 Å². The summed E-state index contributed by atoms with van der Waals surface area (Å²) in [6, 6.07) is 12.5. The van der Waals surface area contributed by atoms with E-state index in [-0.39, 0.29) is 34.3 Å². The number of amides is 1. The van der Waals surface area contributed by atoms with Crippen LogP contribution in [0, 0.1) is 16.0 Å². The zero-order valence-corrected chi connectivity index (χ0v) is 19.3. The van der Waals surface area contributed by atoms with Crippen LogP contribution in [0.25, 0.3) is 17.2 Å². The Labute approximate surface area is 194 Å². The molecule has 174 valence electrons. The first kappa shape index (κ1) is 24.2. The highest BCUT2D eigenvalue weighted by atomic mass is 16.6. The van der Waals surface area contributed by atoms with Crippen molar-refractivity contribution in [1.82, 2.24) is 4.90 Å². The molecule has 1 saturated heterocycles. The zero-order valence-electron chi connectivity index (χ0n) is 19.3. The quantitative estimate of drug-likeness (QED) is 0.250. The van der Waals surface area contributed by atoms with Gasteiger partial charge in [-0.25, -0.2) is 0 Å². The number of carbonyl (C=O) groups is 2. The SMILES string of the molecule is CCOC(=O)C1CCCN(C(=O)/C=C/c2cccc([N+](=O)[O-])c2-c2ccccc2C(C)C)C1. The van der Waals surface area contributed by atoms with Gasteiger partial charge in [-0.1, -0.05) is 50.2 Å². The Morgan fingerprint density at radius 2 is 1.97 bits per heavy atom. The number of piperidine rings is 1. The lowest BCUT2D eigenvalue weighted by Gasteiger charge is -2.30. The van der Waals surface area contributed by atoms with E-state index in [4.69, 9.17) is 4.74 Å². The zero-order chi connectivity index (χ0) is 24.0. The average Bonchev–Trinajstić information content (AvgIpc) is 2.82. The summed E-state index contributed by atoms with van der Waals surface area (Å²) < 4.78 is 5.11. The number of nitrogens with zero attached hydrogens (tertiary/aromatic N) is 2. The molecule has 1 aliphatic rings. The van der Waals surface area contributed by atoms with Gasteiger partial charge in [-0.3, -0.25) is 19.7 Å². The summed E-state index contributed by atoms with van der Waals surface area (Å²) in [6.45, 7) is 7.06. The first-order valence-corrected chi connectivity index (χ1v) is 11.3. The van der Waals surface area contributed by atoms with Gasteiger partial charge in [0.05, 0.1) is 23.0 Å². The Hall–Kier alpha value is -3.48. The highest BCUT2D eigenvalue weighted by Gasteiger charge is 2.28. The molecule has 7 nitrogen and oxygen atoms in total. The Bertz CT molecular complexity index is 1060. The number of hydrogen-bond donors (Lipinski definition) is 0. The number of benzene rings is 2. The Balaban J connectivity index is 1.93. The van der Waals surface area contributed by atoms with Crippen molar-refractivity contribution in [2.45, 2.75) is 39.5 Å². The van der Waals surface area contributed by atoms with Crippen LogP contribution in [0.1, 0.15) is 50.7 Å². The first-order chi connectivity index (χ1) is 15.8. The van der Waals surface area contributed by atoms with Crippen molar-refractivity contribution >= 4 is 23.6 Å². The van der Waals surface area contributed by atoms with Gasteiger partial charge < -0.3 is 9.64 Å². The van der Waals surface area contributed by atoms with Gasteiger partial charge in [-0.15, -0.1) is 0 Å². The number of ether oxygens (including phenoxy) is 1. The van der Waals surface area contributed by atoms with Crippen LogP contribution >= 0.6 is 0 Å². The number of nitro benzene ring substituents is 1. The van der Waals surface area contributed by atoms with E-state index in [0.29, 0.717) is 37.2 Å². The second-order valence-electron chi connectivity index (χ2n) is 8.45. The van der Waals surface area contributed by atoms with Crippen LogP contribution in [0.15, 0.2) is 48.5 Å². The number of rotatable bonds is 7. The molecule has 0 radical (unpaired) electrons. The number of carbonyl (C=O) groups excluding carboxylic acids is 2. The lowest BCUT2D eigenvalue weighted by atomic mass is 9.89. The summed E-state index contributed by atoms with van der Waals surface area (Å²) in [5, 5.41) is 11.8. The highest BCUT2D eigenvalue weighted by molar-refractivity contribution is 5.95. The van der Waals surface area contributed by atoms with E-state index in [2.05, 4.69) is 0 Å². The summed E-state index contributed by atoms with van der Waals surface area (Å²) in [5.74, 6) is -0.640. The normalized spacial score (nSPS) is 16.2. The van der Waals surface area contributed by atoms with Gasteiger partial charge in [0.25, 0.3) is 5.69 Å². The molecule has 2 aromatic carbocycles. The predicted octanol–water partition coefficient (Wildman–Crippen LogP) is 5.20. The molecule has 7 heteroatoms. The topological polar surface area (TPSA) is 89.8 Å². The maximum atomic E-state index is 12.9. The van der Waals surface area contributed by atoms with Crippen LogP contribution in [0.3, 0.4) is 0 Å². The van der Waals surface area contributed by atoms with Crippen molar-refractivity contribution < 1.29 is 19.2 Å². The van der Waals surface area contributed by atoms with E-state index in [1.54, 1.807) is 30.0 Å². The van der Waals surface area contributed by atoms with Crippen molar-refractivity contribution in [1.29, 1.82) is 0 Å². The number of likely N-dealkylation sites (tertiary alicyclic amines) is 1. The van der Waals surface area contributed by atoms with Crippen LogP contribution < -0.4 is 0 Å². The van der Waals surface area contributed by atoms with Gasteiger partial charge >= 0.3 is 5.97 Å².